The quantitative estimate of drug-likeness (QED) is 0.463. The number of fused-ring (bicyclic) bond motifs is 3. The van der Waals surface area contributed by atoms with Crippen LogP contribution >= 0.6 is 11.8 Å². The van der Waals surface area contributed by atoms with Crippen molar-refractivity contribution in [2.75, 3.05) is 11.1 Å². The molecule has 4 rings (SSSR count). The topological polar surface area (TPSA) is 46.9 Å². The number of hydrogen-bond donors (Lipinski definition) is 1. The molecule has 4 aromatic rings. The molecule has 4 nitrogen and oxygen atoms in total. The highest BCUT2D eigenvalue weighted by atomic mass is 32.2. The summed E-state index contributed by atoms with van der Waals surface area (Å²) < 4.78 is 2.31. The normalized spacial score (nSPS) is 11.1. The second-order valence-corrected chi connectivity index (χ2v) is 7.42. The molecular formula is C22H21N3OS. The van der Waals surface area contributed by atoms with E-state index in [4.69, 9.17) is 0 Å². The van der Waals surface area contributed by atoms with Gasteiger partial charge < -0.3 is 9.88 Å². The molecule has 0 aliphatic heterocycles. The van der Waals surface area contributed by atoms with Crippen molar-refractivity contribution in [2.45, 2.75) is 24.9 Å². The van der Waals surface area contributed by atoms with E-state index in [1.165, 1.54) is 21.8 Å². The van der Waals surface area contributed by atoms with Crippen LogP contribution in [0.4, 0.5) is 5.69 Å². The van der Waals surface area contributed by atoms with E-state index in [9.17, 15) is 4.79 Å². The average molecular weight is 375 g/mol. The maximum Gasteiger partial charge on any atom is 0.225 e. The van der Waals surface area contributed by atoms with Gasteiger partial charge in [0.25, 0.3) is 0 Å². The number of amides is 1. The molecule has 2 aromatic carbocycles. The SMILES string of the molecule is CCn1c2ccccc2c2cc(NC(=O)CCSc3ccccn3)ccc21. The highest BCUT2D eigenvalue weighted by molar-refractivity contribution is 7.99. The Morgan fingerprint density at radius 2 is 1.85 bits per heavy atom. The molecule has 1 N–H and O–H groups in total. The van der Waals surface area contributed by atoms with Crippen LogP contribution in [0.1, 0.15) is 13.3 Å². The molecule has 0 bridgehead atoms. The van der Waals surface area contributed by atoms with Crippen LogP contribution in [0.5, 0.6) is 0 Å². The van der Waals surface area contributed by atoms with Crippen LogP contribution in [-0.2, 0) is 11.3 Å². The van der Waals surface area contributed by atoms with Gasteiger partial charge in [-0.25, -0.2) is 4.98 Å². The van der Waals surface area contributed by atoms with Gasteiger partial charge in [0.15, 0.2) is 0 Å². The molecule has 5 heteroatoms. The van der Waals surface area contributed by atoms with E-state index in [0.29, 0.717) is 12.2 Å². The molecule has 0 radical (unpaired) electrons. The summed E-state index contributed by atoms with van der Waals surface area (Å²) in [5.74, 6) is 0.734. The number of pyridine rings is 1. The summed E-state index contributed by atoms with van der Waals surface area (Å²) in [4.78, 5) is 16.6. The van der Waals surface area contributed by atoms with Gasteiger partial charge >= 0.3 is 0 Å². The Balaban J connectivity index is 1.49. The molecule has 0 saturated heterocycles. The minimum Gasteiger partial charge on any atom is -0.341 e. The predicted molar refractivity (Wildman–Crippen MR) is 113 cm³/mol. The van der Waals surface area contributed by atoms with Crippen molar-refractivity contribution >= 4 is 45.2 Å². The fraction of sp³-hybridized carbons (Fsp3) is 0.182. The van der Waals surface area contributed by atoms with Gasteiger partial charge in [0.1, 0.15) is 0 Å². The first-order chi connectivity index (χ1) is 13.3. The second kappa shape index (κ2) is 7.84. The minimum atomic E-state index is 0.0250. The zero-order valence-corrected chi connectivity index (χ0v) is 16.0. The zero-order chi connectivity index (χ0) is 18.6. The Bertz CT molecular complexity index is 1090. The lowest BCUT2D eigenvalue weighted by molar-refractivity contribution is -0.115. The largest absolute Gasteiger partial charge is 0.341 e. The third-order valence-corrected chi connectivity index (χ3v) is 5.53. The molecule has 1 amide bonds. The van der Waals surface area contributed by atoms with Gasteiger partial charge in [-0.2, -0.15) is 0 Å². The number of aryl methyl sites for hydroxylation is 1. The van der Waals surface area contributed by atoms with Crippen molar-refractivity contribution in [3.8, 4) is 0 Å². The number of hydrogen-bond acceptors (Lipinski definition) is 3. The summed E-state index contributed by atoms with van der Waals surface area (Å²) in [6, 6.07) is 20.4. The lowest BCUT2D eigenvalue weighted by Crippen LogP contribution is -2.12. The number of anilines is 1. The van der Waals surface area contributed by atoms with Crippen molar-refractivity contribution in [2.24, 2.45) is 0 Å². The molecule has 0 aliphatic carbocycles. The number of rotatable bonds is 6. The first kappa shape index (κ1) is 17.6. The Morgan fingerprint density at radius 3 is 2.67 bits per heavy atom. The monoisotopic (exact) mass is 375 g/mol. The number of nitrogens with zero attached hydrogens (tertiary/aromatic N) is 2. The zero-order valence-electron chi connectivity index (χ0n) is 15.2. The van der Waals surface area contributed by atoms with Crippen molar-refractivity contribution in [1.82, 2.24) is 9.55 Å². The second-order valence-electron chi connectivity index (χ2n) is 6.31. The van der Waals surface area contributed by atoms with Crippen LogP contribution < -0.4 is 5.32 Å². The lowest BCUT2D eigenvalue weighted by atomic mass is 10.1. The van der Waals surface area contributed by atoms with Gasteiger partial charge in [-0.3, -0.25) is 4.79 Å². The van der Waals surface area contributed by atoms with E-state index in [1.807, 2.05) is 24.3 Å². The van der Waals surface area contributed by atoms with Crippen molar-refractivity contribution in [3.63, 3.8) is 0 Å². The molecule has 0 atom stereocenters. The average Bonchev–Trinajstić information content (AvgIpc) is 3.02. The molecule has 136 valence electrons. The molecule has 0 aliphatic rings. The lowest BCUT2D eigenvalue weighted by Gasteiger charge is -2.07. The molecule has 27 heavy (non-hydrogen) atoms. The van der Waals surface area contributed by atoms with E-state index in [1.54, 1.807) is 18.0 Å². The maximum atomic E-state index is 12.3. The number of thioether (sulfide) groups is 1. The summed E-state index contributed by atoms with van der Waals surface area (Å²) in [6.07, 6.45) is 2.22. The number of benzene rings is 2. The van der Waals surface area contributed by atoms with Crippen molar-refractivity contribution in [3.05, 3.63) is 66.9 Å². The third-order valence-electron chi connectivity index (χ3n) is 4.59. The number of para-hydroxylation sites is 1. The Kier molecular flexibility index (Phi) is 5.12. The van der Waals surface area contributed by atoms with Crippen LogP contribution in [0.2, 0.25) is 0 Å². The number of aromatic nitrogens is 2. The van der Waals surface area contributed by atoms with Gasteiger partial charge in [0.05, 0.1) is 5.03 Å². The Labute approximate surface area is 162 Å². The summed E-state index contributed by atoms with van der Waals surface area (Å²) in [7, 11) is 0. The highest BCUT2D eigenvalue weighted by Crippen LogP contribution is 2.31. The van der Waals surface area contributed by atoms with Gasteiger partial charge in [0, 0.05) is 52.4 Å². The van der Waals surface area contributed by atoms with E-state index >= 15 is 0 Å². The molecule has 2 aromatic heterocycles. The van der Waals surface area contributed by atoms with Crippen molar-refractivity contribution in [1.29, 1.82) is 0 Å². The predicted octanol–water partition coefficient (Wildman–Crippen LogP) is 5.33. The Morgan fingerprint density at radius 1 is 1.04 bits per heavy atom. The van der Waals surface area contributed by atoms with Crippen LogP contribution in [0.15, 0.2) is 71.9 Å². The molecule has 2 heterocycles. The summed E-state index contributed by atoms with van der Waals surface area (Å²) in [5.41, 5.74) is 3.27. The van der Waals surface area contributed by atoms with E-state index in [-0.39, 0.29) is 5.91 Å². The molecule has 0 saturated carbocycles. The molecule has 0 unspecified atom stereocenters. The van der Waals surface area contributed by atoms with Crippen molar-refractivity contribution < 1.29 is 4.79 Å². The smallest absolute Gasteiger partial charge is 0.225 e. The summed E-state index contributed by atoms with van der Waals surface area (Å²) in [6.45, 7) is 3.07. The van der Waals surface area contributed by atoms with Gasteiger partial charge in [0.2, 0.25) is 5.91 Å². The van der Waals surface area contributed by atoms with Crippen LogP contribution in [0.3, 0.4) is 0 Å². The minimum absolute atomic E-state index is 0.0250. The number of carbonyl (C=O) groups is 1. The maximum absolute atomic E-state index is 12.3. The van der Waals surface area contributed by atoms with E-state index < -0.39 is 0 Å². The van der Waals surface area contributed by atoms with E-state index in [0.717, 1.165) is 17.3 Å². The molecule has 0 fully saturated rings. The van der Waals surface area contributed by atoms with Crippen LogP contribution in [0.25, 0.3) is 21.8 Å². The first-order valence-electron chi connectivity index (χ1n) is 9.11. The van der Waals surface area contributed by atoms with Gasteiger partial charge in [-0.05, 0) is 43.3 Å². The Hall–Kier alpha value is -2.79. The highest BCUT2D eigenvalue weighted by Gasteiger charge is 2.11. The molecular weight excluding hydrogens is 354 g/mol. The summed E-state index contributed by atoms with van der Waals surface area (Å²) >= 11 is 1.59. The van der Waals surface area contributed by atoms with Gasteiger partial charge in [-0.15, -0.1) is 11.8 Å². The van der Waals surface area contributed by atoms with Gasteiger partial charge in [-0.1, -0.05) is 24.3 Å². The fourth-order valence-electron chi connectivity index (χ4n) is 3.38. The number of carbonyl (C=O) groups excluding carboxylic acids is 1. The van der Waals surface area contributed by atoms with E-state index in [2.05, 4.69) is 58.2 Å². The number of nitrogens with one attached hydrogen (secondary N) is 1. The standard InChI is InChI=1S/C22H21N3OS/c1-2-25-19-8-4-3-7-17(19)18-15-16(10-11-20(18)25)24-21(26)12-14-27-22-9-5-6-13-23-22/h3-11,13,15H,2,12,14H2,1H3,(H,24,26). The fourth-order valence-corrected chi connectivity index (χ4v) is 4.18. The first-order valence-corrected chi connectivity index (χ1v) is 10.1. The van der Waals surface area contributed by atoms with Crippen LogP contribution in [-0.4, -0.2) is 21.2 Å². The summed E-state index contributed by atoms with van der Waals surface area (Å²) in [5, 5.41) is 6.37. The van der Waals surface area contributed by atoms with Crippen LogP contribution in [0, 0.1) is 0 Å². The molecule has 0 spiro atoms. The third kappa shape index (κ3) is 3.69.